The average Bonchev–Trinajstić information content (AvgIpc) is 2.72. The van der Waals surface area contributed by atoms with Crippen LogP contribution in [-0.4, -0.2) is 5.78 Å². The van der Waals surface area contributed by atoms with Crippen LogP contribution in [0.2, 0.25) is 0 Å². The fourth-order valence-corrected chi connectivity index (χ4v) is 3.34. The Balaban J connectivity index is 1.50. The summed E-state index contributed by atoms with van der Waals surface area (Å²) in [5.41, 5.74) is 1.33. The predicted octanol–water partition coefficient (Wildman–Crippen LogP) is 7.90. The van der Waals surface area contributed by atoms with Gasteiger partial charge in [0.05, 0.1) is 0 Å². The number of hydrogen-bond donors (Lipinski definition) is 0. The van der Waals surface area contributed by atoms with Crippen LogP contribution < -0.4 is 4.74 Å². The third-order valence-electron chi connectivity index (χ3n) is 5.26. The lowest BCUT2D eigenvalue weighted by Gasteiger charge is -2.07. The van der Waals surface area contributed by atoms with Gasteiger partial charge in [0, 0.05) is 12.3 Å². The molecule has 0 bridgehead atoms. The van der Waals surface area contributed by atoms with Crippen molar-refractivity contribution in [2.24, 2.45) is 5.92 Å². The second kappa shape index (κ2) is 13.1. The van der Waals surface area contributed by atoms with E-state index in [9.17, 15) is 9.18 Å². The molecule has 29 heavy (non-hydrogen) atoms. The van der Waals surface area contributed by atoms with Crippen molar-refractivity contribution in [1.82, 2.24) is 0 Å². The molecule has 0 aliphatic carbocycles. The maximum absolute atomic E-state index is 12.9. The van der Waals surface area contributed by atoms with E-state index < -0.39 is 0 Å². The van der Waals surface area contributed by atoms with Crippen LogP contribution in [0.3, 0.4) is 0 Å². The lowest BCUT2D eigenvalue weighted by atomic mass is 10.0. The highest BCUT2D eigenvalue weighted by atomic mass is 19.1. The van der Waals surface area contributed by atoms with Gasteiger partial charge in [-0.05, 0) is 61.2 Å². The van der Waals surface area contributed by atoms with Crippen LogP contribution in [0.25, 0.3) is 0 Å². The molecule has 0 aliphatic rings. The highest BCUT2D eigenvalue weighted by Crippen LogP contribution is 2.22. The Kier molecular flexibility index (Phi) is 10.5. The van der Waals surface area contributed by atoms with Crippen LogP contribution in [0, 0.1) is 11.7 Å². The van der Waals surface area contributed by atoms with Crippen molar-refractivity contribution in [3.05, 3.63) is 59.9 Å². The monoisotopic (exact) mass is 398 g/mol. The topological polar surface area (TPSA) is 26.3 Å². The molecule has 0 saturated carbocycles. The Morgan fingerprint density at radius 2 is 1.24 bits per heavy atom. The van der Waals surface area contributed by atoms with Gasteiger partial charge in [-0.2, -0.15) is 0 Å². The minimum absolute atomic E-state index is 0.188. The summed E-state index contributed by atoms with van der Waals surface area (Å²) in [5, 5.41) is 0. The zero-order valence-corrected chi connectivity index (χ0v) is 18.0. The molecule has 2 aromatic carbocycles. The fourth-order valence-electron chi connectivity index (χ4n) is 3.34. The van der Waals surface area contributed by atoms with E-state index >= 15 is 0 Å². The quantitative estimate of drug-likeness (QED) is 0.302. The molecule has 0 aromatic heterocycles. The Morgan fingerprint density at radius 3 is 1.79 bits per heavy atom. The number of benzene rings is 2. The number of halogens is 1. The van der Waals surface area contributed by atoms with Gasteiger partial charge in [-0.1, -0.05) is 64.5 Å². The van der Waals surface area contributed by atoms with Crippen molar-refractivity contribution in [3.63, 3.8) is 0 Å². The van der Waals surface area contributed by atoms with Gasteiger partial charge in [-0.3, -0.25) is 4.79 Å². The molecule has 0 amide bonds. The van der Waals surface area contributed by atoms with Gasteiger partial charge in [0.1, 0.15) is 23.1 Å². The minimum atomic E-state index is -0.258. The van der Waals surface area contributed by atoms with Crippen molar-refractivity contribution in [2.75, 3.05) is 0 Å². The molecule has 2 aromatic rings. The van der Waals surface area contributed by atoms with Gasteiger partial charge < -0.3 is 4.74 Å². The number of hydrogen-bond acceptors (Lipinski definition) is 2. The number of carbonyl (C=O) groups excluding carboxylic acids is 1. The van der Waals surface area contributed by atoms with Crippen LogP contribution >= 0.6 is 0 Å². The molecular weight excluding hydrogens is 363 g/mol. The van der Waals surface area contributed by atoms with Gasteiger partial charge in [-0.15, -0.1) is 0 Å². The summed E-state index contributed by atoms with van der Waals surface area (Å²) in [6.45, 7) is 3.97. The molecule has 158 valence electrons. The largest absolute Gasteiger partial charge is 0.457 e. The lowest BCUT2D eigenvalue weighted by molar-refractivity contribution is -0.122. The molecule has 0 unspecified atom stereocenters. The van der Waals surface area contributed by atoms with Crippen LogP contribution in [-0.2, 0) is 11.2 Å². The maximum atomic E-state index is 12.9. The Labute approximate surface area is 175 Å². The van der Waals surface area contributed by atoms with Crippen LogP contribution in [0.1, 0.15) is 77.2 Å². The summed E-state index contributed by atoms with van der Waals surface area (Å²) in [7, 11) is 0. The lowest BCUT2D eigenvalue weighted by Crippen LogP contribution is -2.05. The van der Waals surface area contributed by atoms with Gasteiger partial charge in [0.25, 0.3) is 0 Å². The smallest absolute Gasteiger partial charge is 0.135 e. The Morgan fingerprint density at radius 1 is 0.759 bits per heavy atom. The summed E-state index contributed by atoms with van der Waals surface area (Å²) in [6, 6.07) is 14.2. The van der Waals surface area contributed by atoms with E-state index in [1.165, 1.54) is 62.6 Å². The van der Waals surface area contributed by atoms with Crippen LogP contribution in [0.5, 0.6) is 11.5 Å². The third-order valence-corrected chi connectivity index (χ3v) is 5.26. The molecule has 0 aliphatic heterocycles. The minimum Gasteiger partial charge on any atom is -0.457 e. The summed E-state index contributed by atoms with van der Waals surface area (Å²) in [5.74, 6) is 1.75. The second-order valence-corrected chi connectivity index (χ2v) is 8.15. The Bertz CT molecular complexity index is 704. The molecule has 0 atom stereocenters. The molecular formula is C26H35FO2. The zero-order chi connectivity index (χ0) is 20.9. The van der Waals surface area contributed by atoms with Gasteiger partial charge in [0.2, 0.25) is 0 Å². The summed E-state index contributed by atoms with van der Waals surface area (Å²) in [6.07, 6.45) is 11.7. The predicted molar refractivity (Wildman–Crippen MR) is 118 cm³/mol. The highest BCUT2D eigenvalue weighted by Gasteiger charge is 2.05. The van der Waals surface area contributed by atoms with E-state index in [1.54, 1.807) is 12.1 Å². The molecule has 0 N–H and O–H groups in total. The first-order valence-electron chi connectivity index (χ1n) is 11.1. The SMILES string of the molecule is CC(C)C(=O)CCCCCCCCCCc1ccc(Oc2ccc(F)cc2)cc1. The second-order valence-electron chi connectivity index (χ2n) is 8.15. The summed E-state index contributed by atoms with van der Waals surface area (Å²) < 4.78 is 18.7. The first kappa shape index (κ1) is 23.1. The third kappa shape index (κ3) is 9.74. The van der Waals surface area contributed by atoms with Gasteiger partial charge in [0.15, 0.2) is 0 Å². The van der Waals surface area contributed by atoms with Crippen molar-refractivity contribution >= 4 is 5.78 Å². The van der Waals surface area contributed by atoms with E-state index in [0.29, 0.717) is 11.5 Å². The molecule has 2 rings (SSSR count). The molecule has 2 nitrogen and oxygen atoms in total. The normalized spacial score (nSPS) is 11.0. The number of carbonyl (C=O) groups is 1. The standard InChI is InChI=1S/C26H35FO2/c1-21(2)26(28)12-10-8-6-4-3-5-7-9-11-22-13-17-24(18-14-22)29-25-19-15-23(27)16-20-25/h13-21H,3-12H2,1-2H3. The van der Waals surface area contributed by atoms with E-state index in [1.807, 2.05) is 26.0 Å². The van der Waals surface area contributed by atoms with Crippen molar-refractivity contribution in [3.8, 4) is 11.5 Å². The molecule has 0 radical (unpaired) electrons. The molecule has 0 saturated heterocycles. The molecule has 0 heterocycles. The van der Waals surface area contributed by atoms with E-state index in [-0.39, 0.29) is 11.7 Å². The number of ether oxygens (including phenoxy) is 1. The van der Waals surface area contributed by atoms with Gasteiger partial charge >= 0.3 is 0 Å². The number of ketones is 1. The number of aryl methyl sites for hydroxylation is 1. The summed E-state index contributed by atoms with van der Waals surface area (Å²) in [4.78, 5) is 11.6. The van der Waals surface area contributed by atoms with Crippen molar-refractivity contribution in [1.29, 1.82) is 0 Å². The first-order valence-corrected chi connectivity index (χ1v) is 11.1. The summed E-state index contributed by atoms with van der Waals surface area (Å²) >= 11 is 0. The molecule has 3 heteroatoms. The average molecular weight is 399 g/mol. The maximum Gasteiger partial charge on any atom is 0.135 e. The van der Waals surface area contributed by atoms with Crippen molar-refractivity contribution in [2.45, 2.75) is 78.1 Å². The Hall–Kier alpha value is -2.16. The fraction of sp³-hybridized carbons (Fsp3) is 0.500. The van der Waals surface area contributed by atoms with Crippen LogP contribution in [0.15, 0.2) is 48.5 Å². The first-order chi connectivity index (χ1) is 14.0. The zero-order valence-electron chi connectivity index (χ0n) is 18.0. The van der Waals surface area contributed by atoms with E-state index in [0.717, 1.165) is 25.0 Å². The van der Waals surface area contributed by atoms with Crippen molar-refractivity contribution < 1.29 is 13.9 Å². The highest BCUT2D eigenvalue weighted by molar-refractivity contribution is 5.80. The number of unbranched alkanes of at least 4 members (excludes halogenated alkanes) is 7. The number of rotatable bonds is 14. The van der Waals surface area contributed by atoms with E-state index in [4.69, 9.17) is 4.74 Å². The molecule has 0 fully saturated rings. The van der Waals surface area contributed by atoms with Gasteiger partial charge in [-0.25, -0.2) is 4.39 Å². The number of Topliss-reactive ketones (excluding diaryl/α,β-unsaturated/α-hetero) is 1. The van der Waals surface area contributed by atoms with E-state index in [2.05, 4.69) is 12.1 Å². The molecule has 0 spiro atoms. The van der Waals surface area contributed by atoms with Crippen LogP contribution in [0.4, 0.5) is 4.39 Å².